The number of H-pyrrole nitrogens is 1. The summed E-state index contributed by atoms with van der Waals surface area (Å²) in [5.74, 6) is -0.248. The normalized spacial score (nSPS) is 11.0. The molecule has 30 heavy (non-hydrogen) atoms. The van der Waals surface area contributed by atoms with Gasteiger partial charge in [-0.25, -0.2) is 4.68 Å². The van der Waals surface area contributed by atoms with Crippen LogP contribution in [0.5, 0.6) is 0 Å². The predicted octanol–water partition coefficient (Wildman–Crippen LogP) is 1.87. The summed E-state index contributed by atoms with van der Waals surface area (Å²) < 4.78 is 3.18. The Kier molecular flexibility index (Phi) is 5.30. The molecule has 0 aliphatic heterocycles. The van der Waals surface area contributed by atoms with E-state index in [4.69, 9.17) is 0 Å². The maximum absolute atomic E-state index is 12.5. The summed E-state index contributed by atoms with van der Waals surface area (Å²) in [6.07, 6.45) is 4.36. The van der Waals surface area contributed by atoms with Crippen LogP contribution in [0.4, 0.5) is 0 Å². The predicted molar refractivity (Wildman–Crippen MR) is 114 cm³/mol. The summed E-state index contributed by atoms with van der Waals surface area (Å²) in [7, 11) is 0. The van der Waals surface area contributed by atoms with E-state index < -0.39 is 11.1 Å². The standard InChI is InChI=1S/C22H21N5O3/c1-2-26-19-9-8-16(12-18(19)25-21(29)22(26)30)20(28)23-11-10-15-13-24-27(14-15)17-6-4-3-5-7-17/h3-9,12-14H,2,10-11H2,1H3,(H,23,28)(H,25,29). The molecule has 8 nitrogen and oxygen atoms in total. The second-order valence-corrected chi connectivity index (χ2v) is 6.87. The van der Waals surface area contributed by atoms with Crippen LogP contribution in [0.15, 0.2) is 70.5 Å². The third-order valence-electron chi connectivity index (χ3n) is 4.91. The van der Waals surface area contributed by atoms with Crippen molar-refractivity contribution in [3.05, 3.63) is 92.8 Å². The lowest BCUT2D eigenvalue weighted by atomic mass is 10.1. The molecule has 0 radical (unpaired) electrons. The highest BCUT2D eigenvalue weighted by atomic mass is 16.2. The highest BCUT2D eigenvalue weighted by Crippen LogP contribution is 2.12. The zero-order chi connectivity index (χ0) is 21.1. The van der Waals surface area contributed by atoms with Crippen LogP contribution in [0.2, 0.25) is 0 Å². The third-order valence-corrected chi connectivity index (χ3v) is 4.91. The smallest absolute Gasteiger partial charge is 0.316 e. The first-order chi connectivity index (χ1) is 14.6. The number of rotatable bonds is 6. The van der Waals surface area contributed by atoms with E-state index in [1.54, 1.807) is 36.0 Å². The molecule has 152 valence electrons. The van der Waals surface area contributed by atoms with Crippen molar-refractivity contribution in [2.75, 3.05) is 6.54 Å². The van der Waals surface area contributed by atoms with E-state index in [0.717, 1.165) is 11.3 Å². The number of hydrogen-bond acceptors (Lipinski definition) is 4. The number of benzene rings is 2. The number of nitrogens with zero attached hydrogens (tertiary/aromatic N) is 3. The molecule has 0 atom stereocenters. The second kappa shape index (κ2) is 8.20. The topological polar surface area (TPSA) is 102 Å². The van der Waals surface area contributed by atoms with Gasteiger partial charge in [0.05, 0.1) is 22.9 Å². The summed E-state index contributed by atoms with van der Waals surface area (Å²) in [4.78, 5) is 38.8. The van der Waals surface area contributed by atoms with E-state index in [2.05, 4.69) is 15.4 Å². The summed E-state index contributed by atoms with van der Waals surface area (Å²) in [6, 6.07) is 14.7. The van der Waals surface area contributed by atoms with Crippen LogP contribution in [0, 0.1) is 0 Å². The van der Waals surface area contributed by atoms with Gasteiger partial charge in [-0.3, -0.25) is 14.4 Å². The van der Waals surface area contributed by atoms with Crippen LogP contribution in [-0.4, -0.2) is 31.8 Å². The summed E-state index contributed by atoms with van der Waals surface area (Å²) in [5, 5.41) is 7.23. The monoisotopic (exact) mass is 403 g/mol. The van der Waals surface area contributed by atoms with Crippen molar-refractivity contribution in [2.45, 2.75) is 19.9 Å². The minimum Gasteiger partial charge on any atom is -0.352 e. The molecule has 0 unspecified atom stereocenters. The first kappa shape index (κ1) is 19.4. The van der Waals surface area contributed by atoms with Gasteiger partial charge in [0, 0.05) is 24.8 Å². The van der Waals surface area contributed by atoms with E-state index in [9.17, 15) is 14.4 Å². The Morgan fingerprint density at radius 1 is 1.13 bits per heavy atom. The van der Waals surface area contributed by atoms with Gasteiger partial charge in [0.1, 0.15) is 0 Å². The molecule has 0 spiro atoms. The van der Waals surface area contributed by atoms with E-state index >= 15 is 0 Å². The Morgan fingerprint density at radius 3 is 2.70 bits per heavy atom. The molecule has 0 aliphatic carbocycles. The van der Waals surface area contributed by atoms with Crippen LogP contribution in [0.1, 0.15) is 22.8 Å². The first-order valence-electron chi connectivity index (χ1n) is 9.71. The molecular formula is C22H21N5O3. The minimum atomic E-state index is -0.697. The number of carbonyl (C=O) groups is 1. The second-order valence-electron chi connectivity index (χ2n) is 6.87. The zero-order valence-corrected chi connectivity index (χ0v) is 16.5. The SMILES string of the molecule is CCn1c(=O)c(=O)[nH]c2cc(C(=O)NCCc3cnn(-c4ccccc4)c3)ccc21. The van der Waals surface area contributed by atoms with Crippen LogP contribution in [0.25, 0.3) is 16.7 Å². The molecule has 0 bridgehead atoms. The fourth-order valence-corrected chi connectivity index (χ4v) is 3.37. The summed E-state index contributed by atoms with van der Waals surface area (Å²) in [5.41, 5.74) is 2.15. The van der Waals surface area contributed by atoms with Gasteiger partial charge in [0.2, 0.25) is 0 Å². The molecule has 8 heteroatoms. The molecule has 0 saturated heterocycles. The van der Waals surface area contributed by atoms with E-state index in [-0.39, 0.29) is 5.91 Å². The quantitative estimate of drug-likeness (QED) is 0.480. The van der Waals surface area contributed by atoms with E-state index in [0.29, 0.717) is 36.1 Å². The number of aromatic amines is 1. The number of nitrogens with one attached hydrogen (secondary N) is 2. The van der Waals surface area contributed by atoms with Crippen molar-refractivity contribution in [1.29, 1.82) is 0 Å². The van der Waals surface area contributed by atoms with Crippen molar-refractivity contribution in [2.24, 2.45) is 0 Å². The van der Waals surface area contributed by atoms with Gasteiger partial charge < -0.3 is 14.9 Å². The Bertz CT molecular complexity index is 1320. The van der Waals surface area contributed by atoms with Crippen LogP contribution in [-0.2, 0) is 13.0 Å². The minimum absolute atomic E-state index is 0.248. The van der Waals surface area contributed by atoms with Crippen molar-refractivity contribution >= 4 is 16.9 Å². The molecular weight excluding hydrogens is 382 g/mol. The van der Waals surface area contributed by atoms with E-state index in [1.807, 2.05) is 36.5 Å². The molecule has 4 aromatic rings. The number of aryl methyl sites for hydroxylation is 1. The number of aromatic nitrogens is 4. The number of hydrogen-bond donors (Lipinski definition) is 2. The number of fused-ring (bicyclic) bond motifs is 1. The van der Waals surface area contributed by atoms with E-state index in [1.165, 1.54) is 4.57 Å². The molecule has 2 heterocycles. The molecule has 2 aromatic heterocycles. The van der Waals surface area contributed by atoms with Crippen LogP contribution >= 0.6 is 0 Å². The van der Waals surface area contributed by atoms with Gasteiger partial charge in [0.25, 0.3) is 5.91 Å². The fourth-order valence-electron chi connectivity index (χ4n) is 3.37. The summed E-state index contributed by atoms with van der Waals surface area (Å²) >= 11 is 0. The lowest BCUT2D eigenvalue weighted by Crippen LogP contribution is -2.36. The number of carbonyl (C=O) groups excluding carboxylic acids is 1. The fraction of sp³-hybridized carbons (Fsp3) is 0.182. The molecule has 2 aromatic carbocycles. The molecule has 4 rings (SSSR count). The van der Waals surface area contributed by atoms with Gasteiger partial charge in [-0.15, -0.1) is 0 Å². The molecule has 0 saturated carbocycles. The van der Waals surface area contributed by atoms with Crippen LogP contribution in [0.3, 0.4) is 0 Å². The Balaban J connectivity index is 1.44. The maximum Gasteiger partial charge on any atom is 0.316 e. The van der Waals surface area contributed by atoms with Gasteiger partial charge in [-0.05, 0) is 49.2 Å². The Labute approximate surface area is 171 Å². The van der Waals surface area contributed by atoms with Gasteiger partial charge in [-0.1, -0.05) is 18.2 Å². The average molecular weight is 403 g/mol. The van der Waals surface area contributed by atoms with Gasteiger partial charge >= 0.3 is 11.1 Å². The Morgan fingerprint density at radius 2 is 1.93 bits per heavy atom. The highest BCUT2D eigenvalue weighted by Gasteiger charge is 2.11. The summed E-state index contributed by atoms with van der Waals surface area (Å²) in [6.45, 7) is 2.62. The molecule has 0 aliphatic rings. The largest absolute Gasteiger partial charge is 0.352 e. The lowest BCUT2D eigenvalue weighted by Gasteiger charge is -2.09. The zero-order valence-electron chi connectivity index (χ0n) is 16.5. The van der Waals surface area contributed by atoms with Crippen molar-refractivity contribution in [3.8, 4) is 5.69 Å². The maximum atomic E-state index is 12.5. The average Bonchev–Trinajstić information content (AvgIpc) is 3.24. The highest BCUT2D eigenvalue weighted by molar-refractivity contribution is 5.97. The third kappa shape index (κ3) is 3.80. The van der Waals surface area contributed by atoms with Crippen LogP contribution < -0.4 is 16.4 Å². The van der Waals surface area contributed by atoms with Gasteiger partial charge in [0.15, 0.2) is 0 Å². The van der Waals surface area contributed by atoms with Gasteiger partial charge in [-0.2, -0.15) is 5.10 Å². The Hall–Kier alpha value is -3.94. The number of amides is 1. The van der Waals surface area contributed by atoms with Crippen molar-refractivity contribution in [3.63, 3.8) is 0 Å². The lowest BCUT2D eigenvalue weighted by molar-refractivity contribution is 0.0954. The first-order valence-corrected chi connectivity index (χ1v) is 9.71. The van der Waals surface area contributed by atoms with Crippen molar-refractivity contribution < 1.29 is 4.79 Å². The number of para-hydroxylation sites is 1. The molecule has 0 fully saturated rings. The molecule has 1 amide bonds. The van der Waals surface area contributed by atoms with Crippen molar-refractivity contribution in [1.82, 2.24) is 24.6 Å². The molecule has 2 N–H and O–H groups in total.